The Hall–Kier alpha value is -0.400. The van der Waals surface area contributed by atoms with Gasteiger partial charge in [-0.2, -0.15) is 4.91 Å². The highest BCUT2D eigenvalue weighted by atomic mass is 16.3. The molecule has 0 heterocycles. The van der Waals surface area contributed by atoms with Gasteiger partial charge in [-0.3, -0.25) is 0 Å². The average Bonchev–Trinajstić information content (AvgIpc) is 2.35. The van der Waals surface area contributed by atoms with Gasteiger partial charge in [-0.25, -0.2) is 0 Å². The molecule has 0 amide bonds. The summed E-state index contributed by atoms with van der Waals surface area (Å²) >= 11 is 0. The summed E-state index contributed by atoms with van der Waals surface area (Å²) in [7, 11) is 0. The number of nitrogens with zero attached hydrogens (tertiary/aromatic N) is 1. The van der Waals surface area contributed by atoms with E-state index < -0.39 is 0 Å². The van der Waals surface area contributed by atoms with Crippen LogP contribution in [-0.4, -0.2) is 6.04 Å². The topological polar surface area (TPSA) is 29.4 Å². The second-order valence-electron chi connectivity index (χ2n) is 6.13. The molecule has 2 heteroatoms. The fraction of sp³-hybridized carbons (Fsp3) is 1.00. The van der Waals surface area contributed by atoms with Crippen molar-refractivity contribution in [3.05, 3.63) is 4.91 Å². The number of hydrogen-bond donors (Lipinski definition) is 0. The van der Waals surface area contributed by atoms with E-state index in [2.05, 4.69) is 25.9 Å². The normalized spacial score (nSPS) is 14.7. The Kier molecular flexibility index (Phi) is 11.4. The molecule has 18 heavy (non-hydrogen) atoms. The minimum atomic E-state index is 0.00644. The zero-order chi connectivity index (χ0) is 13.8. The molecule has 2 unspecified atom stereocenters. The minimum Gasteiger partial charge on any atom is -0.151 e. The lowest BCUT2D eigenvalue weighted by Crippen LogP contribution is -2.14. The monoisotopic (exact) mass is 255 g/mol. The molecular formula is C16H33NO. The summed E-state index contributed by atoms with van der Waals surface area (Å²) in [4.78, 5) is 10.7. The zero-order valence-corrected chi connectivity index (χ0v) is 13.0. The maximum absolute atomic E-state index is 10.7. The fourth-order valence-electron chi connectivity index (χ4n) is 2.51. The van der Waals surface area contributed by atoms with E-state index in [1.54, 1.807) is 0 Å². The van der Waals surface area contributed by atoms with Crippen molar-refractivity contribution in [3.63, 3.8) is 0 Å². The molecule has 0 saturated heterocycles. The second-order valence-corrected chi connectivity index (χ2v) is 6.13. The van der Waals surface area contributed by atoms with Crippen LogP contribution in [0.1, 0.15) is 85.5 Å². The molecule has 2 atom stereocenters. The van der Waals surface area contributed by atoms with Gasteiger partial charge in [0.15, 0.2) is 0 Å². The third kappa shape index (κ3) is 9.61. The van der Waals surface area contributed by atoms with Gasteiger partial charge in [0, 0.05) is 0 Å². The quantitative estimate of drug-likeness (QED) is 0.313. The van der Waals surface area contributed by atoms with Crippen molar-refractivity contribution < 1.29 is 0 Å². The highest BCUT2D eigenvalue weighted by molar-refractivity contribution is 4.72. The van der Waals surface area contributed by atoms with Gasteiger partial charge in [0.25, 0.3) is 0 Å². The Bertz CT molecular complexity index is 192. The van der Waals surface area contributed by atoms with Gasteiger partial charge in [0.1, 0.15) is 0 Å². The molecule has 0 saturated carbocycles. The summed E-state index contributed by atoms with van der Waals surface area (Å²) < 4.78 is 0. The lowest BCUT2D eigenvalue weighted by molar-refractivity contribution is 0.355. The molecule has 0 aliphatic carbocycles. The summed E-state index contributed by atoms with van der Waals surface area (Å²) in [5, 5.41) is 3.24. The average molecular weight is 255 g/mol. The molecule has 0 N–H and O–H groups in total. The fourth-order valence-corrected chi connectivity index (χ4v) is 2.51. The molecule has 0 bridgehead atoms. The van der Waals surface area contributed by atoms with Crippen LogP contribution in [0.4, 0.5) is 0 Å². The number of hydrogen-bond acceptors (Lipinski definition) is 2. The lowest BCUT2D eigenvalue weighted by Gasteiger charge is -2.18. The van der Waals surface area contributed by atoms with E-state index in [4.69, 9.17) is 0 Å². The Morgan fingerprint density at radius 2 is 1.39 bits per heavy atom. The van der Waals surface area contributed by atoms with Crippen LogP contribution in [0.15, 0.2) is 5.18 Å². The van der Waals surface area contributed by atoms with E-state index in [0.717, 1.165) is 5.92 Å². The summed E-state index contributed by atoms with van der Waals surface area (Å²) in [6, 6.07) is 0.00644. The van der Waals surface area contributed by atoms with Crippen LogP contribution < -0.4 is 0 Å². The Morgan fingerprint density at radius 3 is 1.89 bits per heavy atom. The second kappa shape index (κ2) is 11.7. The van der Waals surface area contributed by atoms with Crippen molar-refractivity contribution in [2.24, 2.45) is 17.0 Å². The van der Waals surface area contributed by atoms with Gasteiger partial charge in [0.05, 0.1) is 6.04 Å². The van der Waals surface area contributed by atoms with E-state index in [9.17, 15) is 4.91 Å². The van der Waals surface area contributed by atoms with Crippen molar-refractivity contribution in [1.29, 1.82) is 0 Å². The molecule has 2 nitrogen and oxygen atoms in total. The highest BCUT2D eigenvalue weighted by Crippen LogP contribution is 2.23. The maximum atomic E-state index is 10.7. The Morgan fingerprint density at radius 1 is 0.833 bits per heavy atom. The molecule has 0 fully saturated rings. The van der Waals surface area contributed by atoms with Crippen molar-refractivity contribution in [3.8, 4) is 0 Å². The molecule has 0 aromatic carbocycles. The lowest BCUT2D eigenvalue weighted by atomic mass is 9.89. The van der Waals surface area contributed by atoms with Crippen molar-refractivity contribution >= 4 is 0 Å². The summed E-state index contributed by atoms with van der Waals surface area (Å²) in [5.41, 5.74) is 0. The van der Waals surface area contributed by atoms with Crippen LogP contribution in [0.2, 0.25) is 0 Å². The first kappa shape index (κ1) is 17.6. The molecule has 0 rings (SSSR count). The Labute approximate surface area is 114 Å². The van der Waals surface area contributed by atoms with Crippen LogP contribution in [-0.2, 0) is 0 Å². The summed E-state index contributed by atoms with van der Waals surface area (Å²) in [6.07, 6.45) is 11.4. The summed E-state index contributed by atoms with van der Waals surface area (Å²) in [5.74, 6) is 1.34. The Balaban J connectivity index is 3.75. The minimum absolute atomic E-state index is 0.00644. The summed E-state index contributed by atoms with van der Waals surface area (Å²) in [6.45, 7) is 8.78. The van der Waals surface area contributed by atoms with Crippen LogP contribution in [0.25, 0.3) is 0 Å². The van der Waals surface area contributed by atoms with Gasteiger partial charge in [-0.1, -0.05) is 70.9 Å². The third-order valence-electron chi connectivity index (χ3n) is 3.88. The number of rotatable bonds is 12. The molecular weight excluding hydrogens is 222 g/mol. The van der Waals surface area contributed by atoms with E-state index >= 15 is 0 Å². The standard InChI is InChI=1S/C16H33NO/c1-5-6-8-12-16(15(4)17-18)13-10-7-9-11-14(2)3/h14-16H,5-13H2,1-4H3. The molecule has 0 aliphatic rings. The van der Waals surface area contributed by atoms with Gasteiger partial charge in [0.2, 0.25) is 0 Å². The predicted molar refractivity (Wildman–Crippen MR) is 80.8 cm³/mol. The zero-order valence-electron chi connectivity index (χ0n) is 13.0. The SMILES string of the molecule is CCCCCC(CCCCCC(C)C)C(C)N=O. The first-order chi connectivity index (χ1) is 8.61. The van der Waals surface area contributed by atoms with Crippen molar-refractivity contribution in [2.45, 2.75) is 91.5 Å². The van der Waals surface area contributed by atoms with Crippen molar-refractivity contribution in [1.82, 2.24) is 0 Å². The van der Waals surface area contributed by atoms with Crippen LogP contribution in [0.3, 0.4) is 0 Å². The van der Waals surface area contributed by atoms with E-state index in [1.807, 2.05) is 6.92 Å². The van der Waals surface area contributed by atoms with Crippen LogP contribution in [0.5, 0.6) is 0 Å². The number of unbranched alkanes of at least 4 members (excludes halogenated alkanes) is 4. The predicted octanol–water partition coefficient (Wildman–Crippen LogP) is 5.94. The first-order valence-corrected chi connectivity index (χ1v) is 7.94. The highest BCUT2D eigenvalue weighted by Gasteiger charge is 2.16. The molecule has 0 radical (unpaired) electrons. The van der Waals surface area contributed by atoms with Gasteiger partial charge in [-0.05, 0) is 31.6 Å². The molecule has 0 spiro atoms. The largest absolute Gasteiger partial charge is 0.151 e. The molecule has 0 aliphatic heterocycles. The maximum Gasteiger partial charge on any atom is 0.0919 e. The van der Waals surface area contributed by atoms with Crippen LogP contribution >= 0.6 is 0 Å². The van der Waals surface area contributed by atoms with Crippen molar-refractivity contribution in [2.75, 3.05) is 0 Å². The molecule has 0 aromatic rings. The smallest absolute Gasteiger partial charge is 0.0919 e. The van der Waals surface area contributed by atoms with E-state index in [0.29, 0.717) is 5.92 Å². The van der Waals surface area contributed by atoms with E-state index in [1.165, 1.54) is 57.8 Å². The molecule has 108 valence electrons. The number of nitroso groups, excluding NO2 is 1. The molecule has 0 aromatic heterocycles. The third-order valence-corrected chi connectivity index (χ3v) is 3.88. The van der Waals surface area contributed by atoms with Gasteiger partial charge < -0.3 is 0 Å². The van der Waals surface area contributed by atoms with Crippen LogP contribution in [0, 0.1) is 16.7 Å². The first-order valence-electron chi connectivity index (χ1n) is 7.94. The van der Waals surface area contributed by atoms with Gasteiger partial charge in [-0.15, -0.1) is 0 Å². The van der Waals surface area contributed by atoms with Gasteiger partial charge >= 0.3 is 0 Å². The van der Waals surface area contributed by atoms with E-state index in [-0.39, 0.29) is 6.04 Å².